The maximum absolute atomic E-state index is 5.52. The highest BCUT2D eigenvalue weighted by Crippen LogP contribution is 2.16. The van der Waals surface area contributed by atoms with Crippen molar-refractivity contribution in [3.8, 4) is 0 Å². The third kappa shape index (κ3) is 5.57. The van der Waals surface area contributed by atoms with E-state index in [1.165, 1.54) is 6.42 Å². The van der Waals surface area contributed by atoms with Gasteiger partial charge in [-0.05, 0) is 18.8 Å². The number of rotatable bonds is 8. The molecular formula is C15H26N4O2. The number of aromatic nitrogens is 2. The van der Waals surface area contributed by atoms with Crippen molar-refractivity contribution in [3.63, 3.8) is 0 Å². The molecule has 1 saturated heterocycles. The van der Waals surface area contributed by atoms with Crippen molar-refractivity contribution in [2.45, 2.75) is 19.4 Å². The lowest BCUT2D eigenvalue weighted by Crippen LogP contribution is -2.31. The molecular weight excluding hydrogens is 268 g/mol. The highest BCUT2D eigenvalue weighted by molar-refractivity contribution is 5.28. The average molecular weight is 294 g/mol. The van der Waals surface area contributed by atoms with Gasteiger partial charge in [0.05, 0.1) is 13.2 Å². The lowest BCUT2D eigenvalue weighted by Gasteiger charge is -2.27. The van der Waals surface area contributed by atoms with E-state index in [1.807, 2.05) is 19.4 Å². The molecule has 0 spiro atoms. The van der Waals surface area contributed by atoms with Gasteiger partial charge in [-0.2, -0.15) is 0 Å². The molecule has 21 heavy (non-hydrogen) atoms. The summed E-state index contributed by atoms with van der Waals surface area (Å²) in [4.78, 5) is 11.0. The first-order valence-electron chi connectivity index (χ1n) is 7.59. The van der Waals surface area contributed by atoms with Crippen LogP contribution in [0.25, 0.3) is 0 Å². The maximum Gasteiger partial charge on any atom is 0.225 e. The molecule has 6 nitrogen and oxygen atoms in total. The van der Waals surface area contributed by atoms with Gasteiger partial charge in [0.2, 0.25) is 5.95 Å². The van der Waals surface area contributed by atoms with E-state index >= 15 is 0 Å². The Hall–Kier alpha value is -1.24. The summed E-state index contributed by atoms with van der Waals surface area (Å²) in [6.45, 7) is 5.02. The van der Waals surface area contributed by atoms with Crippen molar-refractivity contribution < 1.29 is 9.47 Å². The van der Waals surface area contributed by atoms with Gasteiger partial charge in [0, 0.05) is 58.4 Å². The number of hydrogen-bond donors (Lipinski definition) is 1. The highest BCUT2D eigenvalue weighted by Gasteiger charge is 2.17. The van der Waals surface area contributed by atoms with Crippen LogP contribution in [0.15, 0.2) is 12.4 Å². The van der Waals surface area contributed by atoms with Crippen molar-refractivity contribution in [1.82, 2.24) is 15.3 Å². The Balaban J connectivity index is 1.77. The van der Waals surface area contributed by atoms with E-state index in [4.69, 9.17) is 9.47 Å². The molecule has 1 aliphatic heterocycles. The van der Waals surface area contributed by atoms with Crippen LogP contribution in [0.1, 0.15) is 18.4 Å². The molecule has 0 aliphatic carbocycles. The lowest BCUT2D eigenvalue weighted by atomic mass is 10.0. The molecule has 0 bridgehead atoms. The van der Waals surface area contributed by atoms with E-state index in [0.717, 1.165) is 50.8 Å². The Bertz CT molecular complexity index is 393. The van der Waals surface area contributed by atoms with E-state index in [9.17, 15) is 0 Å². The van der Waals surface area contributed by atoms with Crippen LogP contribution in [-0.2, 0) is 16.0 Å². The lowest BCUT2D eigenvalue weighted by molar-refractivity contribution is 0.0575. The first-order valence-corrected chi connectivity index (χ1v) is 7.59. The zero-order valence-corrected chi connectivity index (χ0v) is 13.0. The Morgan fingerprint density at radius 2 is 2.24 bits per heavy atom. The number of ether oxygens (including phenoxy) is 2. The molecule has 1 aromatic rings. The van der Waals surface area contributed by atoms with Crippen LogP contribution in [0.4, 0.5) is 5.95 Å². The summed E-state index contributed by atoms with van der Waals surface area (Å²) in [6.07, 6.45) is 6.16. The largest absolute Gasteiger partial charge is 0.383 e. The summed E-state index contributed by atoms with van der Waals surface area (Å²) in [5.41, 5.74) is 1.09. The SMILES string of the molecule is COCCNCc1cnc(N(C)CC2CCCOC2)nc1. The van der Waals surface area contributed by atoms with Gasteiger partial charge in [0.25, 0.3) is 0 Å². The Labute approximate surface area is 126 Å². The molecule has 0 saturated carbocycles. The summed E-state index contributed by atoms with van der Waals surface area (Å²) in [5, 5.41) is 3.28. The number of nitrogens with one attached hydrogen (secondary N) is 1. The molecule has 1 aliphatic rings. The second-order valence-electron chi connectivity index (χ2n) is 5.52. The van der Waals surface area contributed by atoms with Gasteiger partial charge in [-0.15, -0.1) is 0 Å². The molecule has 2 heterocycles. The van der Waals surface area contributed by atoms with Crippen LogP contribution in [0.5, 0.6) is 0 Å². The van der Waals surface area contributed by atoms with E-state index in [1.54, 1.807) is 7.11 Å². The van der Waals surface area contributed by atoms with Crippen LogP contribution < -0.4 is 10.2 Å². The third-order valence-electron chi connectivity index (χ3n) is 3.63. The first-order chi connectivity index (χ1) is 10.3. The van der Waals surface area contributed by atoms with E-state index in [-0.39, 0.29) is 0 Å². The fraction of sp³-hybridized carbons (Fsp3) is 0.733. The smallest absolute Gasteiger partial charge is 0.225 e. The number of nitrogens with zero attached hydrogens (tertiary/aromatic N) is 3. The highest BCUT2D eigenvalue weighted by atomic mass is 16.5. The molecule has 0 aromatic carbocycles. The fourth-order valence-corrected chi connectivity index (χ4v) is 2.46. The van der Waals surface area contributed by atoms with Crippen LogP contribution in [0.2, 0.25) is 0 Å². The van der Waals surface area contributed by atoms with Crippen LogP contribution in [0.3, 0.4) is 0 Å². The number of hydrogen-bond acceptors (Lipinski definition) is 6. The average Bonchev–Trinajstić information content (AvgIpc) is 2.53. The van der Waals surface area contributed by atoms with Gasteiger partial charge < -0.3 is 19.7 Å². The quantitative estimate of drug-likeness (QED) is 0.724. The maximum atomic E-state index is 5.52. The van der Waals surface area contributed by atoms with Gasteiger partial charge >= 0.3 is 0 Å². The number of anilines is 1. The Kier molecular flexibility index (Phi) is 6.85. The van der Waals surface area contributed by atoms with Gasteiger partial charge in [-0.1, -0.05) is 0 Å². The summed E-state index contributed by atoms with van der Waals surface area (Å²) >= 11 is 0. The third-order valence-corrected chi connectivity index (χ3v) is 3.63. The monoisotopic (exact) mass is 294 g/mol. The normalized spacial score (nSPS) is 18.7. The second kappa shape index (κ2) is 8.92. The van der Waals surface area contributed by atoms with Crippen LogP contribution >= 0.6 is 0 Å². The van der Waals surface area contributed by atoms with E-state index in [2.05, 4.69) is 20.2 Å². The van der Waals surface area contributed by atoms with Gasteiger partial charge in [-0.25, -0.2) is 9.97 Å². The molecule has 0 amide bonds. The van der Waals surface area contributed by atoms with Crippen LogP contribution in [0, 0.1) is 5.92 Å². The van der Waals surface area contributed by atoms with Crippen molar-refractivity contribution in [2.24, 2.45) is 5.92 Å². The Morgan fingerprint density at radius 1 is 1.43 bits per heavy atom. The van der Waals surface area contributed by atoms with Crippen molar-refractivity contribution in [2.75, 3.05) is 52.0 Å². The van der Waals surface area contributed by atoms with Gasteiger partial charge in [0.1, 0.15) is 0 Å². The van der Waals surface area contributed by atoms with Crippen molar-refractivity contribution in [3.05, 3.63) is 18.0 Å². The molecule has 118 valence electrons. The minimum Gasteiger partial charge on any atom is -0.383 e. The molecule has 1 atom stereocenters. The van der Waals surface area contributed by atoms with E-state index in [0.29, 0.717) is 12.5 Å². The number of methoxy groups -OCH3 is 1. The second-order valence-corrected chi connectivity index (χ2v) is 5.52. The standard InChI is InChI=1S/C15H26N4O2/c1-19(11-13-4-3-6-21-12-13)15-17-9-14(10-18-15)8-16-5-7-20-2/h9-10,13,16H,3-8,11-12H2,1-2H3. The van der Waals surface area contributed by atoms with Gasteiger partial charge in [0.15, 0.2) is 0 Å². The molecule has 1 unspecified atom stereocenters. The molecule has 6 heteroatoms. The van der Waals surface area contributed by atoms with Gasteiger partial charge in [-0.3, -0.25) is 0 Å². The predicted molar refractivity (Wildman–Crippen MR) is 82.4 cm³/mol. The summed E-state index contributed by atoms with van der Waals surface area (Å²) in [7, 11) is 3.74. The summed E-state index contributed by atoms with van der Waals surface area (Å²) < 4.78 is 10.5. The molecule has 0 radical (unpaired) electrons. The minimum absolute atomic E-state index is 0.586. The molecule has 2 rings (SSSR count). The molecule has 1 N–H and O–H groups in total. The zero-order chi connectivity index (χ0) is 14.9. The van der Waals surface area contributed by atoms with Crippen molar-refractivity contribution >= 4 is 5.95 Å². The van der Waals surface area contributed by atoms with Crippen LogP contribution in [-0.4, -0.2) is 57.0 Å². The topological polar surface area (TPSA) is 59.5 Å². The molecule has 1 aromatic heterocycles. The molecule has 1 fully saturated rings. The van der Waals surface area contributed by atoms with Crippen molar-refractivity contribution in [1.29, 1.82) is 0 Å². The van der Waals surface area contributed by atoms with E-state index < -0.39 is 0 Å². The fourth-order valence-electron chi connectivity index (χ4n) is 2.46. The summed E-state index contributed by atoms with van der Waals surface area (Å²) in [5.74, 6) is 1.36. The first kappa shape index (κ1) is 16.1. The minimum atomic E-state index is 0.586. The predicted octanol–water partition coefficient (Wildman–Crippen LogP) is 1.08. The summed E-state index contributed by atoms with van der Waals surface area (Å²) in [6, 6.07) is 0. The Morgan fingerprint density at radius 3 is 2.90 bits per heavy atom. The zero-order valence-electron chi connectivity index (χ0n) is 13.0.